The summed E-state index contributed by atoms with van der Waals surface area (Å²) in [6.45, 7) is 0. The van der Waals surface area contributed by atoms with Gasteiger partial charge in [-0.05, 0) is 24.3 Å². The molecule has 1 aromatic heterocycles. The highest BCUT2D eigenvalue weighted by Gasteiger charge is 2.07. The van der Waals surface area contributed by atoms with Crippen LogP contribution in [0, 0.1) is 5.82 Å². The zero-order valence-corrected chi connectivity index (χ0v) is 9.95. The lowest BCUT2D eigenvalue weighted by Crippen LogP contribution is -2.11. The van der Waals surface area contributed by atoms with E-state index in [-0.39, 0.29) is 5.82 Å². The Hall–Kier alpha value is -1.81. The molecule has 2 N–H and O–H groups in total. The van der Waals surface area contributed by atoms with Gasteiger partial charge in [-0.25, -0.2) is 9.37 Å². The highest BCUT2D eigenvalue weighted by Crippen LogP contribution is 2.25. The van der Waals surface area contributed by atoms with Crippen molar-refractivity contribution < 1.29 is 4.39 Å². The van der Waals surface area contributed by atoms with Gasteiger partial charge in [-0.2, -0.15) is 0 Å². The predicted octanol–water partition coefficient (Wildman–Crippen LogP) is 3.22. The van der Waals surface area contributed by atoms with Crippen molar-refractivity contribution in [3.8, 4) is 0 Å². The number of aromatic nitrogens is 1. The van der Waals surface area contributed by atoms with E-state index in [0.29, 0.717) is 22.3 Å². The third-order valence-corrected chi connectivity index (χ3v) is 2.54. The minimum atomic E-state index is -0.302. The van der Waals surface area contributed by atoms with Crippen molar-refractivity contribution in [2.75, 3.05) is 17.7 Å². The number of nitrogens with zero attached hydrogens (tertiary/aromatic N) is 2. The normalized spacial score (nSPS) is 10.3. The molecule has 0 atom stereocenters. The smallest absolute Gasteiger partial charge is 0.136 e. The summed E-state index contributed by atoms with van der Waals surface area (Å²) in [6.07, 6.45) is 0. The van der Waals surface area contributed by atoms with Gasteiger partial charge in [0.05, 0.1) is 0 Å². The fourth-order valence-electron chi connectivity index (χ4n) is 1.49. The second kappa shape index (κ2) is 4.59. The van der Waals surface area contributed by atoms with Gasteiger partial charge in [-0.3, -0.25) is 0 Å². The van der Waals surface area contributed by atoms with Crippen LogP contribution in [-0.4, -0.2) is 12.0 Å². The molecule has 0 saturated carbocycles. The number of halogens is 2. The van der Waals surface area contributed by atoms with E-state index in [9.17, 15) is 4.39 Å². The molecule has 17 heavy (non-hydrogen) atoms. The molecule has 5 heteroatoms. The first-order valence-electron chi connectivity index (χ1n) is 4.98. The Bertz CT molecular complexity index is 525. The number of hydrogen-bond acceptors (Lipinski definition) is 3. The summed E-state index contributed by atoms with van der Waals surface area (Å²) in [5, 5.41) is 0.309. The zero-order valence-electron chi connectivity index (χ0n) is 9.19. The van der Waals surface area contributed by atoms with E-state index in [4.69, 9.17) is 17.3 Å². The summed E-state index contributed by atoms with van der Waals surface area (Å²) in [5.74, 6) is 0.268. The lowest BCUT2D eigenvalue weighted by Gasteiger charge is -2.18. The first kappa shape index (κ1) is 11.7. The largest absolute Gasteiger partial charge is 0.399 e. The molecule has 0 amide bonds. The maximum atomic E-state index is 13.1. The van der Waals surface area contributed by atoms with Gasteiger partial charge in [0.25, 0.3) is 0 Å². The molecule has 1 aromatic carbocycles. The van der Waals surface area contributed by atoms with Crippen LogP contribution in [0.1, 0.15) is 0 Å². The van der Waals surface area contributed by atoms with Crippen molar-refractivity contribution in [3.05, 3.63) is 47.4 Å². The maximum absolute atomic E-state index is 13.1. The van der Waals surface area contributed by atoms with Gasteiger partial charge in [0.1, 0.15) is 16.8 Å². The molecule has 0 aliphatic carbocycles. The molecular weight excluding hydrogens is 241 g/mol. The second-order valence-corrected chi connectivity index (χ2v) is 4.01. The van der Waals surface area contributed by atoms with Crippen LogP contribution < -0.4 is 10.6 Å². The molecule has 88 valence electrons. The van der Waals surface area contributed by atoms with E-state index in [1.165, 1.54) is 12.1 Å². The van der Waals surface area contributed by atoms with Gasteiger partial charge in [0.15, 0.2) is 0 Å². The first-order chi connectivity index (χ1) is 8.06. The summed E-state index contributed by atoms with van der Waals surface area (Å²) in [4.78, 5) is 5.84. The first-order valence-corrected chi connectivity index (χ1v) is 5.36. The lowest BCUT2D eigenvalue weighted by molar-refractivity contribution is 0.628. The van der Waals surface area contributed by atoms with E-state index >= 15 is 0 Å². The molecule has 3 nitrogen and oxygen atoms in total. The van der Waals surface area contributed by atoms with E-state index in [0.717, 1.165) is 0 Å². The topological polar surface area (TPSA) is 42.1 Å². The van der Waals surface area contributed by atoms with Crippen molar-refractivity contribution >= 4 is 28.8 Å². The highest BCUT2D eigenvalue weighted by molar-refractivity contribution is 6.29. The summed E-state index contributed by atoms with van der Waals surface area (Å²) in [5.41, 5.74) is 6.88. The minimum Gasteiger partial charge on any atom is -0.399 e. The standard InChI is InChI=1S/C12H11ClFN3/c1-17(10-4-2-3-8(14)5-10)12-7-9(15)6-11(13)16-12/h2-7H,1H3,(H2,15,16). The third kappa shape index (κ3) is 2.65. The van der Waals surface area contributed by atoms with Crippen molar-refractivity contribution in [2.24, 2.45) is 0 Å². The van der Waals surface area contributed by atoms with Gasteiger partial charge >= 0.3 is 0 Å². The SMILES string of the molecule is CN(c1cccc(F)c1)c1cc(N)cc(Cl)n1. The summed E-state index contributed by atoms with van der Waals surface area (Å²) >= 11 is 5.82. The Morgan fingerprint density at radius 2 is 2.06 bits per heavy atom. The van der Waals surface area contributed by atoms with Crippen molar-refractivity contribution in [1.29, 1.82) is 0 Å². The maximum Gasteiger partial charge on any atom is 0.136 e. The van der Waals surface area contributed by atoms with Crippen molar-refractivity contribution in [2.45, 2.75) is 0 Å². The number of rotatable bonds is 2. The van der Waals surface area contributed by atoms with Crippen LogP contribution in [0.15, 0.2) is 36.4 Å². The van der Waals surface area contributed by atoms with Gasteiger partial charge in [-0.1, -0.05) is 17.7 Å². The fourth-order valence-corrected chi connectivity index (χ4v) is 1.70. The Morgan fingerprint density at radius 3 is 2.71 bits per heavy atom. The van der Waals surface area contributed by atoms with Gasteiger partial charge < -0.3 is 10.6 Å². The van der Waals surface area contributed by atoms with Crippen LogP contribution in [0.2, 0.25) is 5.15 Å². The van der Waals surface area contributed by atoms with Crippen molar-refractivity contribution in [3.63, 3.8) is 0 Å². The number of anilines is 3. The lowest BCUT2D eigenvalue weighted by atomic mass is 10.3. The van der Waals surface area contributed by atoms with Gasteiger partial charge in [0.2, 0.25) is 0 Å². The molecule has 0 radical (unpaired) electrons. The average Bonchev–Trinajstić information content (AvgIpc) is 2.26. The number of nitrogens with two attached hydrogens (primary N) is 1. The van der Waals surface area contributed by atoms with Crippen LogP contribution in [-0.2, 0) is 0 Å². The number of benzene rings is 1. The van der Waals surface area contributed by atoms with Crippen LogP contribution in [0.25, 0.3) is 0 Å². The van der Waals surface area contributed by atoms with Crippen LogP contribution in [0.3, 0.4) is 0 Å². The zero-order chi connectivity index (χ0) is 12.4. The van der Waals surface area contributed by atoms with E-state index in [1.54, 1.807) is 36.2 Å². The molecule has 0 spiro atoms. The van der Waals surface area contributed by atoms with Crippen molar-refractivity contribution in [1.82, 2.24) is 4.98 Å². The summed E-state index contributed by atoms with van der Waals surface area (Å²) in [7, 11) is 1.77. The fraction of sp³-hybridized carbons (Fsp3) is 0.0833. The molecule has 0 bridgehead atoms. The second-order valence-electron chi connectivity index (χ2n) is 3.62. The minimum absolute atomic E-state index is 0.302. The quantitative estimate of drug-likeness (QED) is 0.834. The van der Waals surface area contributed by atoms with E-state index in [1.807, 2.05) is 0 Å². The number of pyridine rings is 1. The van der Waals surface area contributed by atoms with E-state index < -0.39 is 0 Å². The molecule has 0 aliphatic rings. The molecule has 2 rings (SSSR count). The Labute approximate surface area is 104 Å². The van der Waals surface area contributed by atoms with Crippen LogP contribution in [0.5, 0.6) is 0 Å². The molecule has 0 aliphatic heterocycles. The summed E-state index contributed by atoms with van der Waals surface area (Å²) in [6, 6.07) is 9.45. The Morgan fingerprint density at radius 1 is 1.29 bits per heavy atom. The third-order valence-electron chi connectivity index (χ3n) is 2.34. The van der Waals surface area contributed by atoms with Crippen LogP contribution in [0.4, 0.5) is 21.6 Å². The highest BCUT2D eigenvalue weighted by atomic mass is 35.5. The number of nitrogen functional groups attached to an aromatic ring is 1. The van der Waals surface area contributed by atoms with Gasteiger partial charge in [0, 0.05) is 24.5 Å². The molecular formula is C12H11ClFN3. The Kier molecular flexibility index (Phi) is 3.15. The van der Waals surface area contributed by atoms with E-state index in [2.05, 4.69) is 4.98 Å². The van der Waals surface area contributed by atoms with Crippen LogP contribution >= 0.6 is 11.6 Å². The monoisotopic (exact) mass is 251 g/mol. The molecule has 2 aromatic rings. The molecule has 0 unspecified atom stereocenters. The molecule has 0 saturated heterocycles. The average molecular weight is 252 g/mol. The molecule has 1 heterocycles. The van der Waals surface area contributed by atoms with Gasteiger partial charge in [-0.15, -0.1) is 0 Å². The number of hydrogen-bond donors (Lipinski definition) is 1. The Balaban J connectivity index is 2.39. The summed E-state index contributed by atoms with van der Waals surface area (Å²) < 4.78 is 13.1. The predicted molar refractivity (Wildman–Crippen MR) is 68.1 cm³/mol. The molecule has 0 fully saturated rings.